The molecular weight excluding hydrogens is 306 g/mol. The van der Waals surface area contributed by atoms with Crippen LogP contribution in [0.5, 0.6) is 0 Å². The lowest BCUT2D eigenvalue weighted by molar-refractivity contribution is 0.0633. The molecule has 7 nitrogen and oxygen atoms in total. The van der Waals surface area contributed by atoms with Crippen molar-refractivity contribution in [3.8, 4) is 0 Å². The fourth-order valence-electron chi connectivity index (χ4n) is 3.01. The molecule has 2 aromatic rings. The summed E-state index contributed by atoms with van der Waals surface area (Å²) in [6, 6.07) is 3.67. The van der Waals surface area contributed by atoms with Crippen molar-refractivity contribution >= 4 is 11.7 Å². The van der Waals surface area contributed by atoms with Gasteiger partial charge in [-0.1, -0.05) is 6.92 Å². The van der Waals surface area contributed by atoms with E-state index in [0.29, 0.717) is 24.0 Å². The summed E-state index contributed by atoms with van der Waals surface area (Å²) in [4.78, 5) is 12.4. The van der Waals surface area contributed by atoms with Gasteiger partial charge in [-0.2, -0.15) is 10.2 Å². The van der Waals surface area contributed by atoms with Crippen LogP contribution in [0.15, 0.2) is 12.1 Å². The van der Waals surface area contributed by atoms with E-state index in [1.807, 2.05) is 19.9 Å². The Morgan fingerprint density at radius 1 is 1.46 bits per heavy atom. The number of anilines is 1. The second-order valence-corrected chi connectivity index (χ2v) is 6.94. The molecule has 0 bridgehead atoms. The van der Waals surface area contributed by atoms with E-state index in [0.717, 1.165) is 17.3 Å². The summed E-state index contributed by atoms with van der Waals surface area (Å²) < 4.78 is 7.09. The average Bonchev–Trinajstić information content (AvgIpc) is 3.08. The molecule has 1 aliphatic carbocycles. The number of carbonyl (C=O) groups is 1. The van der Waals surface area contributed by atoms with Crippen LogP contribution in [0.25, 0.3) is 0 Å². The van der Waals surface area contributed by atoms with Crippen molar-refractivity contribution in [2.75, 3.05) is 5.32 Å². The largest absolute Gasteiger partial charge is 0.372 e. The van der Waals surface area contributed by atoms with Gasteiger partial charge in [0.2, 0.25) is 0 Å². The summed E-state index contributed by atoms with van der Waals surface area (Å²) in [5.41, 5.74) is 2.32. The molecule has 0 saturated heterocycles. The summed E-state index contributed by atoms with van der Waals surface area (Å²) in [6.45, 7) is 6.58. The quantitative estimate of drug-likeness (QED) is 0.852. The van der Waals surface area contributed by atoms with E-state index in [9.17, 15) is 4.79 Å². The van der Waals surface area contributed by atoms with Crippen molar-refractivity contribution in [2.24, 2.45) is 13.0 Å². The Kier molecular flexibility index (Phi) is 4.71. The molecule has 24 heavy (non-hydrogen) atoms. The molecule has 1 fully saturated rings. The lowest BCUT2D eigenvalue weighted by Crippen LogP contribution is -2.19. The number of aryl methyl sites for hydroxylation is 1. The number of aromatic nitrogens is 4. The predicted molar refractivity (Wildman–Crippen MR) is 90.8 cm³/mol. The Hall–Kier alpha value is -2.15. The third-order valence-electron chi connectivity index (χ3n) is 4.38. The summed E-state index contributed by atoms with van der Waals surface area (Å²) in [5.74, 6) is 1.64. The van der Waals surface area contributed by atoms with Gasteiger partial charge in [0.25, 0.3) is 5.91 Å². The van der Waals surface area contributed by atoms with Gasteiger partial charge < -0.3 is 10.1 Å². The highest BCUT2D eigenvalue weighted by Crippen LogP contribution is 2.40. The maximum Gasteiger partial charge on any atom is 0.275 e. The van der Waals surface area contributed by atoms with E-state index >= 15 is 0 Å². The Labute approximate surface area is 141 Å². The second-order valence-electron chi connectivity index (χ2n) is 6.94. The zero-order chi connectivity index (χ0) is 17.3. The number of hydrogen-bond acceptors (Lipinski definition) is 4. The minimum atomic E-state index is -0.221. The third-order valence-corrected chi connectivity index (χ3v) is 4.38. The number of ether oxygens (including phenoxy) is 1. The molecule has 1 amide bonds. The molecule has 7 heteroatoms. The second kappa shape index (κ2) is 6.76. The van der Waals surface area contributed by atoms with Crippen LogP contribution in [0, 0.1) is 5.92 Å². The first kappa shape index (κ1) is 16.7. The van der Waals surface area contributed by atoms with Crippen molar-refractivity contribution in [2.45, 2.75) is 52.2 Å². The molecule has 0 aliphatic heterocycles. The van der Waals surface area contributed by atoms with Gasteiger partial charge in [0, 0.05) is 24.7 Å². The summed E-state index contributed by atoms with van der Waals surface area (Å²) >= 11 is 0. The van der Waals surface area contributed by atoms with Crippen molar-refractivity contribution in [1.82, 2.24) is 20.0 Å². The molecule has 1 aliphatic rings. The Morgan fingerprint density at radius 2 is 2.21 bits per heavy atom. The highest BCUT2D eigenvalue weighted by Gasteiger charge is 2.28. The van der Waals surface area contributed by atoms with Crippen molar-refractivity contribution in [1.29, 1.82) is 0 Å². The summed E-state index contributed by atoms with van der Waals surface area (Å²) in [7, 11) is 1.75. The van der Waals surface area contributed by atoms with Gasteiger partial charge in [-0.05, 0) is 38.7 Å². The van der Waals surface area contributed by atoms with E-state index < -0.39 is 0 Å². The van der Waals surface area contributed by atoms with Gasteiger partial charge in [-0.3, -0.25) is 14.6 Å². The smallest absolute Gasteiger partial charge is 0.275 e. The number of nitrogens with zero attached hydrogens (tertiary/aromatic N) is 3. The SMILES string of the molecule is CC1CC(c2cc(NC(=O)c3cc(COC(C)C)nn3C)n[nH]2)C1. The van der Waals surface area contributed by atoms with Gasteiger partial charge >= 0.3 is 0 Å². The molecule has 130 valence electrons. The number of H-pyrrole nitrogens is 1. The molecule has 3 rings (SSSR count). The van der Waals surface area contributed by atoms with Crippen LogP contribution in [-0.4, -0.2) is 32.0 Å². The van der Waals surface area contributed by atoms with Gasteiger partial charge in [0.05, 0.1) is 18.4 Å². The molecule has 2 N–H and O–H groups in total. The first-order chi connectivity index (χ1) is 11.4. The molecule has 0 aromatic carbocycles. The highest BCUT2D eigenvalue weighted by atomic mass is 16.5. The van der Waals surface area contributed by atoms with Crippen molar-refractivity contribution in [3.05, 3.63) is 29.2 Å². The zero-order valence-corrected chi connectivity index (χ0v) is 14.7. The first-order valence-electron chi connectivity index (χ1n) is 8.43. The van der Waals surface area contributed by atoms with Gasteiger partial charge in [0.15, 0.2) is 5.82 Å². The van der Waals surface area contributed by atoms with E-state index in [1.165, 1.54) is 12.8 Å². The van der Waals surface area contributed by atoms with E-state index in [-0.39, 0.29) is 12.0 Å². The van der Waals surface area contributed by atoms with Crippen LogP contribution in [0.1, 0.15) is 61.4 Å². The number of hydrogen-bond donors (Lipinski definition) is 2. The molecule has 0 atom stereocenters. The highest BCUT2D eigenvalue weighted by molar-refractivity contribution is 6.02. The molecule has 2 heterocycles. The van der Waals surface area contributed by atoms with Crippen molar-refractivity contribution in [3.63, 3.8) is 0 Å². The summed E-state index contributed by atoms with van der Waals surface area (Å²) in [6.07, 6.45) is 2.48. The van der Waals surface area contributed by atoms with Crippen LogP contribution in [0.3, 0.4) is 0 Å². The van der Waals surface area contributed by atoms with E-state index in [4.69, 9.17) is 4.74 Å². The summed E-state index contributed by atoms with van der Waals surface area (Å²) in [5, 5.41) is 14.4. The maximum atomic E-state index is 12.4. The van der Waals surface area contributed by atoms with Gasteiger partial charge in [0.1, 0.15) is 5.69 Å². The van der Waals surface area contributed by atoms with Gasteiger partial charge in [-0.25, -0.2) is 0 Å². The Morgan fingerprint density at radius 3 is 2.88 bits per heavy atom. The first-order valence-corrected chi connectivity index (χ1v) is 8.43. The van der Waals surface area contributed by atoms with Crippen LogP contribution in [-0.2, 0) is 18.4 Å². The van der Waals surface area contributed by atoms with Crippen LogP contribution in [0.2, 0.25) is 0 Å². The Bertz CT molecular complexity index is 712. The number of nitrogens with one attached hydrogen (secondary N) is 2. The van der Waals surface area contributed by atoms with E-state index in [1.54, 1.807) is 17.8 Å². The maximum absolute atomic E-state index is 12.4. The molecule has 2 aromatic heterocycles. The van der Waals surface area contributed by atoms with Crippen molar-refractivity contribution < 1.29 is 9.53 Å². The molecule has 0 radical (unpaired) electrons. The lowest BCUT2D eigenvalue weighted by atomic mass is 9.74. The minimum absolute atomic E-state index is 0.126. The number of amides is 1. The lowest BCUT2D eigenvalue weighted by Gasteiger charge is -2.31. The number of carbonyl (C=O) groups excluding carboxylic acids is 1. The number of aromatic amines is 1. The topological polar surface area (TPSA) is 84.8 Å². The van der Waals surface area contributed by atoms with E-state index in [2.05, 4.69) is 27.5 Å². The monoisotopic (exact) mass is 331 g/mol. The third kappa shape index (κ3) is 3.67. The van der Waals surface area contributed by atoms with Crippen LogP contribution < -0.4 is 5.32 Å². The predicted octanol–water partition coefficient (Wildman–Crippen LogP) is 2.83. The fraction of sp³-hybridized carbons (Fsp3) is 0.588. The molecule has 0 unspecified atom stereocenters. The minimum Gasteiger partial charge on any atom is -0.372 e. The molecule has 0 spiro atoms. The molecular formula is C17H25N5O2. The zero-order valence-electron chi connectivity index (χ0n) is 14.7. The normalized spacial score (nSPS) is 20.2. The van der Waals surface area contributed by atoms with Gasteiger partial charge in [-0.15, -0.1) is 0 Å². The number of rotatable bonds is 6. The molecule has 1 saturated carbocycles. The Balaban J connectivity index is 1.62. The average molecular weight is 331 g/mol. The standard InChI is InChI=1S/C17H25N5O2/c1-10(2)24-9-13-7-15(22(4)21-13)17(23)18-16-8-14(19-20-16)12-5-11(3)6-12/h7-8,10-12H,5-6,9H2,1-4H3,(H2,18,19,20,23). The fourth-order valence-corrected chi connectivity index (χ4v) is 3.01. The van der Waals surface area contributed by atoms with Crippen LogP contribution in [0.4, 0.5) is 5.82 Å². The van der Waals surface area contributed by atoms with Crippen LogP contribution >= 0.6 is 0 Å².